The lowest BCUT2D eigenvalue weighted by Crippen LogP contribution is -1.97. The van der Waals surface area contributed by atoms with Crippen LogP contribution < -0.4 is 0 Å². The summed E-state index contributed by atoms with van der Waals surface area (Å²) in [5.41, 5.74) is 0.651. The van der Waals surface area contributed by atoms with Crippen LogP contribution in [0.25, 0.3) is 10.9 Å². The third kappa shape index (κ3) is 2.09. The number of benzene rings is 1. The van der Waals surface area contributed by atoms with Crippen molar-refractivity contribution in [1.82, 2.24) is 4.98 Å². The minimum absolute atomic E-state index is 0.0197. The average Bonchev–Trinajstić information content (AvgIpc) is 2.29. The molecule has 1 nitrogen and oxygen atoms in total. The van der Waals surface area contributed by atoms with E-state index < -0.39 is 17.5 Å². The molecule has 17 heavy (non-hydrogen) atoms. The number of aromatic nitrogens is 1. The van der Waals surface area contributed by atoms with Crippen molar-refractivity contribution in [3.05, 3.63) is 40.3 Å². The Kier molecular flexibility index (Phi) is 3.24. The van der Waals surface area contributed by atoms with Gasteiger partial charge >= 0.3 is 0 Å². The summed E-state index contributed by atoms with van der Waals surface area (Å²) in [6, 6.07) is 2.27. The molecule has 90 valence electrons. The molecule has 0 spiro atoms. The molecule has 0 saturated carbocycles. The first-order chi connectivity index (χ1) is 8.04. The number of fused-ring (bicyclic) bond motifs is 1. The summed E-state index contributed by atoms with van der Waals surface area (Å²) in [6.45, 7) is 1.93. The van der Waals surface area contributed by atoms with Gasteiger partial charge in [-0.1, -0.05) is 24.9 Å². The lowest BCUT2D eigenvalue weighted by Gasteiger charge is -2.06. The zero-order valence-corrected chi connectivity index (χ0v) is 9.78. The van der Waals surface area contributed by atoms with Crippen LogP contribution in [0.2, 0.25) is 5.15 Å². The van der Waals surface area contributed by atoms with Crippen molar-refractivity contribution in [2.75, 3.05) is 0 Å². The van der Waals surface area contributed by atoms with Gasteiger partial charge in [0, 0.05) is 11.5 Å². The van der Waals surface area contributed by atoms with E-state index in [1.807, 2.05) is 6.92 Å². The molecule has 0 atom stereocenters. The highest BCUT2D eigenvalue weighted by molar-refractivity contribution is 6.30. The van der Waals surface area contributed by atoms with E-state index in [0.717, 1.165) is 12.5 Å². The molecule has 1 aromatic heterocycles. The Morgan fingerprint density at radius 1 is 1.18 bits per heavy atom. The van der Waals surface area contributed by atoms with Crippen molar-refractivity contribution >= 4 is 22.5 Å². The molecule has 0 aliphatic rings. The van der Waals surface area contributed by atoms with Gasteiger partial charge in [-0.25, -0.2) is 18.2 Å². The molecule has 0 saturated heterocycles. The van der Waals surface area contributed by atoms with Crippen LogP contribution in [0.3, 0.4) is 0 Å². The number of aryl methyl sites for hydroxylation is 1. The fourth-order valence-corrected chi connectivity index (χ4v) is 1.92. The van der Waals surface area contributed by atoms with Gasteiger partial charge in [0.2, 0.25) is 0 Å². The third-order valence-electron chi connectivity index (χ3n) is 2.50. The highest BCUT2D eigenvalue weighted by Gasteiger charge is 2.16. The monoisotopic (exact) mass is 259 g/mol. The Labute approximate surface area is 101 Å². The number of nitrogens with zero attached hydrogens (tertiary/aromatic N) is 1. The van der Waals surface area contributed by atoms with E-state index >= 15 is 0 Å². The van der Waals surface area contributed by atoms with Crippen molar-refractivity contribution in [3.63, 3.8) is 0 Å². The fourth-order valence-electron chi connectivity index (χ4n) is 1.68. The number of rotatable bonds is 2. The van der Waals surface area contributed by atoms with Crippen LogP contribution in [0.15, 0.2) is 12.1 Å². The quantitative estimate of drug-likeness (QED) is 0.580. The Morgan fingerprint density at radius 2 is 1.88 bits per heavy atom. The maximum atomic E-state index is 13.5. The van der Waals surface area contributed by atoms with Crippen molar-refractivity contribution in [3.8, 4) is 0 Å². The van der Waals surface area contributed by atoms with Crippen LogP contribution in [0.5, 0.6) is 0 Å². The highest BCUT2D eigenvalue weighted by Crippen LogP contribution is 2.26. The summed E-state index contributed by atoms with van der Waals surface area (Å²) in [5.74, 6) is -3.97. The van der Waals surface area contributed by atoms with E-state index in [0.29, 0.717) is 12.0 Å². The first-order valence-electron chi connectivity index (χ1n) is 5.17. The normalized spacial score (nSPS) is 11.1. The van der Waals surface area contributed by atoms with Gasteiger partial charge in [-0.2, -0.15) is 0 Å². The zero-order chi connectivity index (χ0) is 12.6. The van der Waals surface area contributed by atoms with Gasteiger partial charge < -0.3 is 0 Å². The summed E-state index contributed by atoms with van der Waals surface area (Å²) < 4.78 is 39.6. The van der Waals surface area contributed by atoms with Gasteiger partial charge in [-0.05, 0) is 18.1 Å². The molecular formula is C12H9ClF3N. The van der Waals surface area contributed by atoms with Gasteiger partial charge in [0.05, 0.1) is 5.52 Å². The first-order valence-corrected chi connectivity index (χ1v) is 5.55. The molecule has 0 aliphatic carbocycles. The molecule has 0 bridgehead atoms. The molecule has 5 heteroatoms. The van der Waals surface area contributed by atoms with E-state index in [-0.39, 0.29) is 16.1 Å². The van der Waals surface area contributed by atoms with Gasteiger partial charge in [-0.3, -0.25) is 0 Å². The molecule has 1 heterocycles. The third-order valence-corrected chi connectivity index (χ3v) is 2.83. The maximum absolute atomic E-state index is 13.5. The van der Waals surface area contributed by atoms with Crippen LogP contribution in [-0.2, 0) is 6.42 Å². The summed E-state index contributed by atoms with van der Waals surface area (Å²) in [6.07, 6.45) is 1.42. The van der Waals surface area contributed by atoms with Gasteiger partial charge in [0.15, 0.2) is 17.5 Å². The zero-order valence-electron chi connectivity index (χ0n) is 9.03. The summed E-state index contributed by atoms with van der Waals surface area (Å²) in [7, 11) is 0. The van der Waals surface area contributed by atoms with E-state index in [4.69, 9.17) is 11.6 Å². The molecule has 1 aromatic carbocycles. The molecule has 2 aromatic rings. The standard InChI is InChI=1S/C12H9ClF3N/c1-2-3-6-4-7-9(17-12(6)13)5-8(14)11(16)10(7)15/h4-5H,2-3H2,1H3. The van der Waals surface area contributed by atoms with Gasteiger partial charge in [0.1, 0.15) is 5.15 Å². The van der Waals surface area contributed by atoms with Crippen LogP contribution in [-0.4, -0.2) is 4.98 Å². The topological polar surface area (TPSA) is 12.9 Å². The maximum Gasteiger partial charge on any atom is 0.195 e. The Balaban J connectivity index is 2.75. The largest absolute Gasteiger partial charge is 0.236 e. The van der Waals surface area contributed by atoms with Crippen molar-refractivity contribution in [2.24, 2.45) is 0 Å². The van der Waals surface area contributed by atoms with E-state index in [1.54, 1.807) is 0 Å². The number of hydrogen-bond donors (Lipinski definition) is 0. The molecule has 0 radical (unpaired) electrons. The lowest BCUT2D eigenvalue weighted by molar-refractivity contribution is 0.453. The Bertz CT molecular complexity index is 584. The van der Waals surface area contributed by atoms with Crippen molar-refractivity contribution in [2.45, 2.75) is 19.8 Å². The average molecular weight is 260 g/mol. The predicted molar refractivity (Wildman–Crippen MR) is 60.6 cm³/mol. The summed E-state index contributed by atoms with van der Waals surface area (Å²) >= 11 is 5.88. The van der Waals surface area contributed by atoms with Gasteiger partial charge in [-0.15, -0.1) is 0 Å². The second-order valence-electron chi connectivity index (χ2n) is 3.74. The minimum atomic E-state index is -1.48. The van der Waals surface area contributed by atoms with Crippen LogP contribution in [0.1, 0.15) is 18.9 Å². The SMILES string of the molecule is CCCc1cc2c(F)c(F)c(F)cc2nc1Cl. The Hall–Kier alpha value is -1.29. The number of halogens is 4. The fraction of sp³-hybridized carbons (Fsp3) is 0.250. The second-order valence-corrected chi connectivity index (χ2v) is 4.10. The molecular weight excluding hydrogens is 251 g/mol. The van der Waals surface area contributed by atoms with E-state index in [9.17, 15) is 13.2 Å². The van der Waals surface area contributed by atoms with Crippen LogP contribution in [0.4, 0.5) is 13.2 Å². The molecule has 0 fully saturated rings. The van der Waals surface area contributed by atoms with Crippen LogP contribution >= 0.6 is 11.6 Å². The summed E-state index contributed by atoms with van der Waals surface area (Å²) in [4.78, 5) is 3.88. The predicted octanol–water partition coefficient (Wildman–Crippen LogP) is 4.26. The first kappa shape index (κ1) is 12.2. The van der Waals surface area contributed by atoms with E-state index in [1.165, 1.54) is 6.07 Å². The van der Waals surface area contributed by atoms with Gasteiger partial charge in [0.25, 0.3) is 0 Å². The summed E-state index contributed by atoms with van der Waals surface area (Å²) in [5, 5.41) is 0.154. The number of hydrogen-bond acceptors (Lipinski definition) is 1. The molecule has 2 rings (SSSR count). The molecule has 0 aliphatic heterocycles. The molecule has 0 N–H and O–H groups in total. The lowest BCUT2D eigenvalue weighted by atomic mass is 10.1. The Morgan fingerprint density at radius 3 is 2.53 bits per heavy atom. The number of pyridine rings is 1. The smallest absolute Gasteiger partial charge is 0.195 e. The highest BCUT2D eigenvalue weighted by atomic mass is 35.5. The molecule has 0 amide bonds. The van der Waals surface area contributed by atoms with Crippen molar-refractivity contribution < 1.29 is 13.2 Å². The molecule has 0 unspecified atom stereocenters. The second kappa shape index (κ2) is 4.53. The van der Waals surface area contributed by atoms with E-state index in [2.05, 4.69) is 4.98 Å². The van der Waals surface area contributed by atoms with Crippen LogP contribution in [0, 0.1) is 17.5 Å². The van der Waals surface area contributed by atoms with Crippen molar-refractivity contribution in [1.29, 1.82) is 0 Å². The minimum Gasteiger partial charge on any atom is -0.236 e.